The first-order chi connectivity index (χ1) is 8.70. The van der Waals surface area contributed by atoms with Crippen molar-refractivity contribution < 1.29 is 14.7 Å². The number of anilines is 1. The quantitative estimate of drug-likeness (QED) is 0.584. The molecule has 2 amide bonds. The monoisotopic (exact) mass is 247 g/mol. The second-order valence-electron chi connectivity index (χ2n) is 3.71. The number of fused-ring (bicyclic) bond motifs is 1. The number of aliphatic hydroxyl groups excluding tert-OH is 1. The standard InChI is InChI=1S/C12H13N3O3/c16-6-5-14-11(17)12(18)15-9-2-1-8-3-4-13-10(8)7-9/h1-4,7,13,16H,5-6H2,(H,14,17)(H,15,18). The molecule has 2 rings (SSSR count). The van der Waals surface area contributed by atoms with E-state index in [9.17, 15) is 9.59 Å². The molecule has 4 N–H and O–H groups in total. The fourth-order valence-electron chi connectivity index (χ4n) is 1.56. The molecule has 0 unspecified atom stereocenters. The Labute approximate surface area is 103 Å². The van der Waals surface area contributed by atoms with Crippen molar-refractivity contribution in [3.05, 3.63) is 30.5 Å². The minimum Gasteiger partial charge on any atom is -0.395 e. The molecule has 0 spiro atoms. The fraction of sp³-hybridized carbons (Fsp3) is 0.167. The molecule has 18 heavy (non-hydrogen) atoms. The second-order valence-corrected chi connectivity index (χ2v) is 3.71. The lowest BCUT2D eigenvalue weighted by Crippen LogP contribution is -2.36. The largest absolute Gasteiger partial charge is 0.395 e. The molecular formula is C12H13N3O3. The summed E-state index contributed by atoms with van der Waals surface area (Å²) >= 11 is 0. The topological polar surface area (TPSA) is 94.2 Å². The molecule has 0 saturated carbocycles. The normalized spacial score (nSPS) is 10.3. The molecule has 6 heteroatoms. The average molecular weight is 247 g/mol. The molecule has 0 aliphatic rings. The van der Waals surface area contributed by atoms with Crippen molar-refractivity contribution in [2.45, 2.75) is 0 Å². The molecular weight excluding hydrogens is 234 g/mol. The summed E-state index contributed by atoms with van der Waals surface area (Å²) in [5, 5.41) is 14.3. The number of amides is 2. The molecule has 0 saturated heterocycles. The van der Waals surface area contributed by atoms with E-state index in [1.807, 2.05) is 12.1 Å². The molecule has 6 nitrogen and oxygen atoms in total. The Morgan fingerprint density at radius 2 is 2.06 bits per heavy atom. The molecule has 94 valence electrons. The van der Waals surface area contributed by atoms with Gasteiger partial charge in [0.2, 0.25) is 0 Å². The summed E-state index contributed by atoms with van der Waals surface area (Å²) in [6.45, 7) is -0.143. The van der Waals surface area contributed by atoms with E-state index >= 15 is 0 Å². The second kappa shape index (κ2) is 5.33. The van der Waals surface area contributed by atoms with Gasteiger partial charge in [0, 0.05) is 23.9 Å². The first-order valence-electron chi connectivity index (χ1n) is 5.48. The van der Waals surface area contributed by atoms with E-state index < -0.39 is 11.8 Å². The third kappa shape index (κ3) is 2.67. The number of H-pyrrole nitrogens is 1. The van der Waals surface area contributed by atoms with Crippen LogP contribution in [0.1, 0.15) is 0 Å². The maximum atomic E-state index is 11.5. The van der Waals surface area contributed by atoms with Gasteiger partial charge in [0.1, 0.15) is 0 Å². The van der Waals surface area contributed by atoms with Gasteiger partial charge in [-0.2, -0.15) is 0 Å². The average Bonchev–Trinajstić information content (AvgIpc) is 2.83. The zero-order valence-corrected chi connectivity index (χ0v) is 9.56. The summed E-state index contributed by atoms with van der Waals surface area (Å²) in [5.41, 5.74) is 1.41. The lowest BCUT2D eigenvalue weighted by Gasteiger charge is -2.05. The third-order valence-corrected chi connectivity index (χ3v) is 2.42. The maximum absolute atomic E-state index is 11.5. The van der Waals surface area contributed by atoms with Crippen LogP contribution in [-0.4, -0.2) is 35.1 Å². The van der Waals surface area contributed by atoms with Gasteiger partial charge in [-0.05, 0) is 23.6 Å². The van der Waals surface area contributed by atoms with Gasteiger partial charge in [-0.25, -0.2) is 0 Å². The molecule has 1 heterocycles. The number of nitrogens with one attached hydrogen (secondary N) is 3. The molecule has 1 aromatic heterocycles. The van der Waals surface area contributed by atoms with Crippen LogP contribution in [0.2, 0.25) is 0 Å². The Kier molecular flexibility index (Phi) is 3.59. The Bertz CT molecular complexity index is 577. The van der Waals surface area contributed by atoms with Crippen LogP contribution in [0.15, 0.2) is 30.5 Å². The summed E-state index contributed by atoms with van der Waals surface area (Å²) < 4.78 is 0. The van der Waals surface area contributed by atoms with Gasteiger partial charge in [-0.1, -0.05) is 6.07 Å². The first-order valence-corrected chi connectivity index (χ1v) is 5.48. The van der Waals surface area contributed by atoms with Crippen LogP contribution in [-0.2, 0) is 9.59 Å². The highest BCUT2D eigenvalue weighted by molar-refractivity contribution is 6.39. The van der Waals surface area contributed by atoms with Gasteiger partial charge < -0.3 is 20.7 Å². The number of aliphatic hydroxyl groups is 1. The van der Waals surface area contributed by atoms with Gasteiger partial charge in [-0.15, -0.1) is 0 Å². The molecule has 0 bridgehead atoms. The number of carbonyl (C=O) groups excluding carboxylic acids is 2. The molecule has 0 aliphatic heterocycles. The summed E-state index contributed by atoms with van der Waals surface area (Å²) in [5.74, 6) is -1.52. The van der Waals surface area contributed by atoms with Crippen molar-refractivity contribution in [2.75, 3.05) is 18.5 Å². The van der Waals surface area contributed by atoms with E-state index in [1.165, 1.54) is 0 Å². The van der Waals surface area contributed by atoms with Crippen molar-refractivity contribution >= 4 is 28.4 Å². The Hall–Kier alpha value is -2.34. The summed E-state index contributed by atoms with van der Waals surface area (Å²) in [4.78, 5) is 25.8. The highest BCUT2D eigenvalue weighted by atomic mass is 16.3. The predicted molar refractivity (Wildman–Crippen MR) is 67.0 cm³/mol. The van der Waals surface area contributed by atoms with Crippen LogP contribution >= 0.6 is 0 Å². The van der Waals surface area contributed by atoms with Crippen molar-refractivity contribution in [3.63, 3.8) is 0 Å². The van der Waals surface area contributed by atoms with Crippen molar-refractivity contribution in [1.82, 2.24) is 10.3 Å². The first kappa shape index (κ1) is 12.1. The summed E-state index contributed by atoms with van der Waals surface area (Å²) in [7, 11) is 0. The minimum atomic E-state index is -0.768. The summed E-state index contributed by atoms with van der Waals surface area (Å²) in [6.07, 6.45) is 1.80. The molecule has 0 radical (unpaired) electrons. The Morgan fingerprint density at radius 1 is 1.22 bits per heavy atom. The molecule has 0 atom stereocenters. The van der Waals surface area contributed by atoms with Gasteiger partial charge >= 0.3 is 11.8 Å². The number of aromatic amines is 1. The smallest absolute Gasteiger partial charge is 0.313 e. The maximum Gasteiger partial charge on any atom is 0.313 e. The van der Waals surface area contributed by atoms with Crippen LogP contribution in [0, 0.1) is 0 Å². The van der Waals surface area contributed by atoms with Crippen LogP contribution in [0.4, 0.5) is 5.69 Å². The number of carbonyl (C=O) groups is 2. The van der Waals surface area contributed by atoms with Crippen molar-refractivity contribution in [1.29, 1.82) is 0 Å². The third-order valence-electron chi connectivity index (χ3n) is 2.42. The van der Waals surface area contributed by atoms with Gasteiger partial charge in [0.15, 0.2) is 0 Å². The zero-order valence-electron chi connectivity index (χ0n) is 9.56. The van der Waals surface area contributed by atoms with Crippen LogP contribution in [0.3, 0.4) is 0 Å². The molecule has 0 fully saturated rings. The minimum absolute atomic E-state index is 0.0575. The highest BCUT2D eigenvalue weighted by Gasteiger charge is 2.12. The number of hydrogen-bond donors (Lipinski definition) is 4. The van der Waals surface area contributed by atoms with E-state index in [0.29, 0.717) is 5.69 Å². The van der Waals surface area contributed by atoms with E-state index in [4.69, 9.17) is 5.11 Å². The van der Waals surface area contributed by atoms with Gasteiger partial charge in [0.05, 0.1) is 6.61 Å². The van der Waals surface area contributed by atoms with Crippen molar-refractivity contribution in [3.8, 4) is 0 Å². The lowest BCUT2D eigenvalue weighted by molar-refractivity contribution is -0.136. The van der Waals surface area contributed by atoms with Crippen molar-refractivity contribution in [2.24, 2.45) is 0 Å². The number of aromatic nitrogens is 1. The van der Waals surface area contributed by atoms with E-state index in [-0.39, 0.29) is 13.2 Å². The van der Waals surface area contributed by atoms with E-state index in [0.717, 1.165) is 10.9 Å². The SMILES string of the molecule is O=C(NCCO)C(=O)Nc1ccc2cc[nH]c2c1. The zero-order chi connectivity index (χ0) is 13.0. The number of benzene rings is 1. The van der Waals surface area contributed by atoms with Crippen LogP contribution in [0.5, 0.6) is 0 Å². The highest BCUT2D eigenvalue weighted by Crippen LogP contribution is 2.17. The molecule has 1 aromatic carbocycles. The molecule has 2 aromatic rings. The van der Waals surface area contributed by atoms with E-state index in [1.54, 1.807) is 18.3 Å². The van der Waals surface area contributed by atoms with E-state index in [2.05, 4.69) is 15.6 Å². The predicted octanol–water partition coefficient (Wildman–Crippen LogP) is 0.215. The number of rotatable bonds is 3. The van der Waals surface area contributed by atoms with Crippen LogP contribution < -0.4 is 10.6 Å². The fourth-order valence-corrected chi connectivity index (χ4v) is 1.56. The Balaban J connectivity index is 2.04. The van der Waals surface area contributed by atoms with Gasteiger partial charge in [-0.3, -0.25) is 9.59 Å². The molecule has 0 aliphatic carbocycles. The lowest BCUT2D eigenvalue weighted by atomic mass is 10.2. The van der Waals surface area contributed by atoms with Crippen LogP contribution in [0.25, 0.3) is 10.9 Å². The number of hydrogen-bond acceptors (Lipinski definition) is 3. The Morgan fingerprint density at radius 3 is 2.83 bits per heavy atom. The van der Waals surface area contributed by atoms with Gasteiger partial charge in [0.25, 0.3) is 0 Å². The summed E-state index contributed by atoms with van der Waals surface area (Å²) in [6, 6.07) is 7.21.